The lowest BCUT2D eigenvalue weighted by Gasteiger charge is -2.14. The van der Waals surface area contributed by atoms with E-state index in [1.54, 1.807) is 0 Å². The minimum atomic E-state index is 0.941. The summed E-state index contributed by atoms with van der Waals surface area (Å²) in [6.45, 7) is 0. The third-order valence-electron chi connectivity index (χ3n) is 11.0. The summed E-state index contributed by atoms with van der Waals surface area (Å²) in [6, 6.07) is 71.3. The number of pyridine rings is 2. The molecule has 0 fully saturated rings. The summed E-state index contributed by atoms with van der Waals surface area (Å²) in [7, 11) is 0. The molecule has 0 N–H and O–H groups in total. The largest absolute Gasteiger partial charge is 0.309 e. The number of nitrogens with zero attached hydrogens (tertiary/aromatic N) is 4. The van der Waals surface area contributed by atoms with Gasteiger partial charge in [-0.25, -0.2) is 9.97 Å². The van der Waals surface area contributed by atoms with E-state index in [4.69, 9.17) is 9.97 Å². The summed E-state index contributed by atoms with van der Waals surface area (Å²) < 4.78 is 4.71. The quantitative estimate of drug-likeness (QED) is 0.172. The molecule has 0 atom stereocenters. The second-order valence-electron chi connectivity index (χ2n) is 14.2. The third-order valence-corrected chi connectivity index (χ3v) is 11.0. The molecule has 0 aliphatic carbocycles. The lowest BCUT2D eigenvalue weighted by molar-refractivity contribution is 1.14. The smallest absolute Gasteiger partial charge is 0.145 e. The van der Waals surface area contributed by atoms with Crippen LogP contribution in [0.2, 0.25) is 0 Å². The molecule has 11 aromatic rings. The van der Waals surface area contributed by atoms with E-state index in [9.17, 15) is 0 Å². The van der Waals surface area contributed by atoms with Gasteiger partial charge in [-0.05, 0) is 77.4 Å². The second kappa shape index (κ2) is 13.1. The molecule has 0 unspecified atom stereocenters. The number of para-hydroxylation sites is 3. The van der Waals surface area contributed by atoms with Gasteiger partial charge in [0.1, 0.15) is 5.65 Å². The average molecular weight is 715 g/mol. The van der Waals surface area contributed by atoms with Crippen LogP contribution in [0.25, 0.3) is 99.9 Å². The van der Waals surface area contributed by atoms with Gasteiger partial charge in [-0.15, -0.1) is 0 Å². The molecule has 0 aliphatic heterocycles. The summed E-state index contributed by atoms with van der Waals surface area (Å²) in [6.07, 6.45) is 1.88. The van der Waals surface area contributed by atoms with Crippen LogP contribution in [-0.4, -0.2) is 19.1 Å². The highest BCUT2D eigenvalue weighted by Gasteiger charge is 2.19. The summed E-state index contributed by atoms with van der Waals surface area (Å²) in [5.74, 6) is 0. The van der Waals surface area contributed by atoms with Gasteiger partial charge in [0, 0.05) is 55.8 Å². The molecular weight excluding hydrogens is 681 g/mol. The third kappa shape index (κ3) is 5.23. The topological polar surface area (TPSA) is 35.6 Å². The zero-order valence-corrected chi connectivity index (χ0v) is 30.4. The number of rotatable bonds is 6. The first-order chi connectivity index (χ1) is 27.8. The van der Waals surface area contributed by atoms with Crippen molar-refractivity contribution in [2.45, 2.75) is 0 Å². The van der Waals surface area contributed by atoms with Crippen molar-refractivity contribution in [1.82, 2.24) is 19.1 Å². The Kier molecular flexibility index (Phi) is 7.46. The fourth-order valence-electron chi connectivity index (χ4n) is 8.38. The fraction of sp³-hybridized carbons (Fsp3) is 0. The Bertz CT molecular complexity index is 3160. The highest BCUT2D eigenvalue weighted by Crippen LogP contribution is 2.41. The van der Waals surface area contributed by atoms with Gasteiger partial charge in [-0.3, -0.25) is 4.57 Å². The molecule has 0 saturated heterocycles. The van der Waals surface area contributed by atoms with Crippen molar-refractivity contribution in [2.24, 2.45) is 0 Å². The molecule has 4 nitrogen and oxygen atoms in total. The van der Waals surface area contributed by atoms with Crippen LogP contribution in [0.15, 0.2) is 206 Å². The Labute approximate surface area is 324 Å². The van der Waals surface area contributed by atoms with Crippen molar-refractivity contribution in [3.8, 4) is 56.1 Å². The van der Waals surface area contributed by atoms with E-state index >= 15 is 0 Å². The average Bonchev–Trinajstić information content (AvgIpc) is 3.80. The summed E-state index contributed by atoms with van der Waals surface area (Å²) in [4.78, 5) is 10.1. The van der Waals surface area contributed by atoms with Crippen LogP contribution in [0.3, 0.4) is 0 Å². The van der Waals surface area contributed by atoms with Crippen LogP contribution in [0.1, 0.15) is 0 Å². The highest BCUT2D eigenvalue weighted by molar-refractivity contribution is 6.15. The zero-order chi connectivity index (χ0) is 37.0. The molecule has 0 spiro atoms. The molecule has 4 heteroatoms. The maximum Gasteiger partial charge on any atom is 0.145 e. The molecule has 0 aliphatic rings. The van der Waals surface area contributed by atoms with Crippen LogP contribution >= 0.6 is 0 Å². The van der Waals surface area contributed by atoms with Gasteiger partial charge in [0.2, 0.25) is 0 Å². The summed E-state index contributed by atoms with van der Waals surface area (Å²) in [5.41, 5.74) is 15.3. The first-order valence-electron chi connectivity index (χ1n) is 19.0. The Morgan fingerprint density at radius 1 is 0.339 bits per heavy atom. The van der Waals surface area contributed by atoms with Crippen LogP contribution in [0, 0.1) is 0 Å². The van der Waals surface area contributed by atoms with Crippen molar-refractivity contribution < 1.29 is 0 Å². The fourth-order valence-corrected chi connectivity index (χ4v) is 8.38. The Morgan fingerprint density at radius 3 is 1.70 bits per heavy atom. The predicted molar refractivity (Wildman–Crippen MR) is 232 cm³/mol. The monoisotopic (exact) mass is 714 g/mol. The number of hydrogen-bond acceptors (Lipinski definition) is 2. The molecule has 56 heavy (non-hydrogen) atoms. The van der Waals surface area contributed by atoms with Crippen LogP contribution in [0.4, 0.5) is 0 Å². The molecule has 262 valence electrons. The van der Waals surface area contributed by atoms with Gasteiger partial charge in [0.15, 0.2) is 0 Å². The van der Waals surface area contributed by atoms with Gasteiger partial charge < -0.3 is 4.57 Å². The SMILES string of the molecule is c1ccc(-c2cc(-c3ccccc3)nc(-c3ccc(-n4c5ccccc5c5cccc(-c6ccc7c8cccnc8n(-c8ccccc8)c7c6)c54)cc3)c2)cc1. The Hall–Kier alpha value is -7.56. The Morgan fingerprint density at radius 2 is 0.929 bits per heavy atom. The van der Waals surface area contributed by atoms with Crippen LogP contribution in [0.5, 0.6) is 0 Å². The molecule has 0 radical (unpaired) electrons. The van der Waals surface area contributed by atoms with Crippen molar-refractivity contribution in [3.05, 3.63) is 206 Å². The van der Waals surface area contributed by atoms with E-state index in [-0.39, 0.29) is 0 Å². The van der Waals surface area contributed by atoms with Gasteiger partial charge in [0.25, 0.3) is 0 Å². The standard InChI is InChI=1S/C52H34N4/c1-4-14-35(15-5-1)39-32-47(36-16-6-2-7-17-36)54-48(33-39)37-25-28-41(29-26-37)55-49-24-11-10-20-43(49)45-22-12-21-42(51(45)55)38-27-30-44-46-23-13-31-53-52(46)56(50(44)34-38)40-18-8-3-9-19-40/h1-34H. The first kappa shape index (κ1) is 31.9. The normalized spacial score (nSPS) is 11.6. The second-order valence-corrected chi connectivity index (χ2v) is 14.2. The number of aromatic nitrogens is 4. The van der Waals surface area contributed by atoms with E-state index in [1.165, 1.54) is 38.3 Å². The van der Waals surface area contributed by atoms with Gasteiger partial charge in [0.05, 0.1) is 27.9 Å². The minimum absolute atomic E-state index is 0.941. The van der Waals surface area contributed by atoms with Crippen molar-refractivity contribution in [1.29, 1.82) is 0 Å². The van der Waals surface area contributed by atoms with E-state index in [0.29, 0.717) is 0 Å². The van der Waals surface area contributed by atoms with Crippen molar-refractivity contribution >= 4 is 43.7 Å². The number of hydrogen-bond donors (Lipinski definition) is 0. The molecule has 0 saturated carbocycles. The van der Waals surface area contributed by atoms with E-state index < -0.39 is 0 Å². The molecule has 11 rings (SSSR count). The first-order valence-corrected chi connectivity index (χ1v) is 19.0. The molecule has 4 heterocycles. The molecule has 7 aromatic carbocycles. The Balaban J connectivity index is 1.09. The molecule has 4 aromatic heterocycles. The number of fused-ring (bicyclic) bond motifs is 6. The van der Waals surface area contributed by atoms with Crippen LogP contribution in [-0.2, 0) is 0 Å². The number of benzene rings is 7. The van der Waals surface area contributed by atoms with E-state index in [1.807, 2.05) is 18.3 Å². The molecule has 0 amide bonds. The van der Waals surface area contributed by atoms with Crippen molar-refractivity contribution in [2.75, 3.05) is 0 Å². The lowest BCUT2D eigenvalue weighted by atomic mass is 9.99. The van der Waals surface area contributed by atoms with E-state index in [2.05, 4.69) is 197 Å². The zero-order valence-electron chi connectivity index (χ0n) is 30.4. The highest BCUT2D eigenvalue weighted by atomic mass is 15.0. The van der Waals surface area contributed by atoms with Crippen molar-refractivity contribution in [3.63, 3.8) is 0 Å². The van der Waals surface area contributed by atoms with E-state index in [0.717, 1.165) is 61.6 Å². The summed E-state index contributed by atoms with van der Waals surface area (Å²) in [5, 5.41) is 4.77. The van der Waals surface area contributed by atoms with Crippen LogP contribution < -0.4 is 0 Å². The molecular formula is C52H34N4. The summed E-state index contributed by atoms with van der Waals surface area (Å²) >= 11 is 0. The molecule has 0 bridgehead atoms. The van der Waals surface area contributed by atoms with Gasteiger partial charge in [-0.2, -0.15) is 0 Å². The van der Waals surface area contributed by atoms with Gasteiger partial charge >= 0.3 is 0 Å². The van der Waals surface area contributed by atoms with Gasteiger partial charge in [-0.1, -0.05) is 140 Å². The maximum absolute atomic E-state index is 5.20. The lowest BCUT2D eigenvalue weighted by Crippen LogP contribution is -1.97. The minimum Gasteiger partial charge on any atom is -0.309 e. The predicted octanol–water partition coefficient (Wildman–Crippen LogP) is 13.3. The maximum atomic E-state index is 5.20.